The first-order chi connectivity index (χ1) is 11.3. The van der Waals surface area contributed by atoms with Crippen LogP contribution < -0.4 is 4.90 Å². The lowest BCUT2D eigenvalue weighted by molar-refractivity contribution is 0.384. The number of aryl methyl sites for hydroxylation is 2. The van der Waals surface area contributed by atoms with E-state index in [9.17, 15) is 8.42 Å². The topological polar surface area (TPSA) is 58.4 Å². The highest BCUT2D eigenvalue weighted by Gasteiger charge is 2.31. The number of nitrogens with zero attached hydrogens (tertiary/aromatic N) is 4. The second-order valence-electron chi connectivity index (χ2n) is 6.33. The molecule has 7 heteroatoms. The molecule has 0 amide bonds. The smallest absolute Gasteiger partial charge is 0.246 e. The number of piperazine rings is 1. The summed E-state index contributed by atoms with van der Waals surface area (Å²) in [6.45, 7) is 8.38. The Bertz CT molecular complexity index is 849. The lowest BCUT2D eigenvalue weighted by atomic mass is 10.1. The van der Waals surface area contributed by atoms with Crippen molar-refractivity contribution in [3.8, 4) is 0 Å². The Labute approximate surface area is 143 Å². The molecule has 3 rings (SSSR count). The minimum Gasteiger partial charge on any atom is -0.369 e. The summed E-state index contributed by atoms with van der Waals surface area (Å²) in [5.74, 6) is 0. The third-order valence-corrected chi connectivity index (χ3v) is 6.97. The predicted octanol–water partition coefficient (Wildman–Crippen LogP) is 1.86. The lowest BCUT2D eigenvalue weighted by Crippen LogP contribution is -2.49. The van der Waals surface area contributed by atoms with Crippen molar-refractivity contribution in [2.75, 3.05) is 31.1 Å². The normalized spacial score (nSPS) is 16.6. The highest BCUT2D eigenvalue weighted by atomic mass is 32.2. The SMILES string of the molecule is Cc1cccc(N2CCN(S(=O)(=O)c3cnn(C)c3C)CC2)c1C. The average molecular weight is 348 g/mol. The van der Waals surface area contributed by atoms with Gasteiger partial charge in [-0.1, -0.05) is 12.1 Å². The largest absolute Gasteiger partial charge is 0.369 e. The van der Waals surface area contributed by atoms with Gasteiger partial charge in [-0.25, -0.2) is 8.42 Å². The van der Waals surface area contributed by atoms with Crippen LogP contribution >= 0.6 is 0 Å². The van der Waals surface area contributed by atoms with Crippen LogP contribution in [0.25, 0.3) is 0 Å². The number of aromatic nitrogens is 2. The summed E-state index contributed by atoms with van der Waals surface area (Å²) >= 11 is 0. The van der Waals surface area contributed by atoms with Gasteiger partial charge in [0.1, 0.15) is 4.90 Å². The molecule has 1 fully saturated rings. The van der Waals surface area contributed by atoms with E-state index < -0.39 is 10.0 Å². The molecule has 2 heterocycles. The zero-order valence-corrected chi connectivity index (χ0v) is 15.5. The Morgan fingerprint density at radius 3 is 2.29 bits per heavy atom. The highest BCUT2D eigenvalue weighted by Crippen LogP contribution is 2.26. The summed E-state index contributed by atoms with van der Waals surface area (Å²) in [4.78, 5) is 2.58. The summed E-state index contributed by atoms with van der Waals surface area (Å²) in [5.41, 5.74) is 4.39. The van der Waals surface area contributed by atoms with E-state index in [2.05, 4.69) is 42.0 Å². The Morgan fingerprint density at radius 2 is 1.71 bits per heavy atom. The molecule has 0 bridgehead atoms. The zero-order chi connectivity index (χ0) is 17.5. The van der Waals surface area contributed by atoms with Crippen molar-refractivity contribution in [3.63, 3.8) is 0 Å². The van der Waals surface area contributed by atoms with E-state index in [0.29, 0.717) is 36.8 Å². The Balaban J connectivity index is 1.78. The quantitative estimate of drug-likeness (QED) is 0.849. The molecule has 24 heavy (non-hydrogen) atoms. The van der Waals surface area contributed by atoms with Crippen LogP contribution in [0.5, 0.6) is 0 Å². The van der Waals surface area contributed by atoms with E-state index in [1.54, 1.807) is 23.0 Å². The van der Waals surface area contributed by atoms with Crippen molar-refractivity contribution in [1.82, 2.24) is 14.1 Å². The first-order valence-electron chi connectivity index (χ1n) is 8.12. The third kappa shape index (κ3) is 2.82. The number of anilines is 1. The molecule has 0 saturated carbocycles. The van der Waals surface area contributed by atoms with Gasteiger partial charge < -0.3 is 4.90 Å². The van der Waals surface area contributed by atoms with Crippen molar-refractivity contribution < 1.29 is 8.42 Å². The van der Waals surface area contributed by atoms with Crippen LogP contribution in [0.15, 0.2) is 29.3 Å². The molecule has 0 N–H and O–H groups in total. The lowest BCUT2D eigenvalue weighted by Gasteiger charge is -2.36. The standard InChI is InChI=1S/C17H24N4O2S/c1-13-6-5-7-16(14(13)2)20-8-10-21(11-9-20)24(22,23)17-12-18-19(4)15(17)3/h5-7,12H,8-11H2,1-4H3. The van der Waals surface area contributed by atoms with Gasteiger partial charge in [-0.05, 0) is 38.0 Å². The molecule has 1 saturated heterocycles. The number of rotatable bonds is 3. The molecule has 0 unspecified atom stereocenters. The van der Waals surface area contributed by atoms with Gasteiger partial charge in [0.15, 0.2) is 0 Å². The van der Waals surface area contributed by atoms with E-state index in [1.807, 2.05) is 0 Å². The number of benzene rings is 1. The van der Waals surface area contributed by atoms with Crippen LogP contribution in [0.4, 0.5) is 5.69 Å². The van der Waals surface area contributed by atoms with Crippen LogP contribution in [0.2, 0.25) is 0 Å². The van der Waals surface area contributed by atoms with Crippen molar-refractivity contribution in [3.05, 3.63) is 41.2 Å². The van der Waals surface area contributed by atoms with Crippen LogP contribution in [-0.2, 0) is 17.1 Å². The molecule has 0 spiro atoms. The molecule has 130 valence electrons. The van der Waals surface area contributed by atoms with Crippen LogP contribution in [-0.4, -0.2) is 48.7 Å². The summed E-state index contributed by atoms with van der Waals surface area (Å²) in [6, 6.07) is 6.27. The molecule has 1 aromatic heterocycles. The Morgan fingerprint density at radius 1 is 1.04 bits per heavy atom. The van der Waals surface area contributed by atoms with Crippen LogP contribution in [0.1, 0.15) is 16.8 Å². The molecule has 1 aliphatic rings. The molecule has 0 radical (unpaired) electrons. The Kier molecular flexibility index (Phi) is 4.40. The predicted molar refractivity (Wildman–Crippen MR) is 94.8 cm³/mol. The highest BCUT2D eigenvalue weighted by molar-refractivity contribution is 7.89. The van der Waals surface area contributed by atoms with E-state index in [-0.39, 0.29) is 0 Å². The average Bonchev–Trinajstić information content (AvgIpc) is 2.90. The summed E-state index contributed by atoms with van der Waals surface area (Å²) in [5, 5.41) is 4.06. The number of sulfonamides is 1. The molecule has 1 aromatic carbocycles. The summed E-state index contributed by atoms with van der Waals surface area (Å²) in [6.07, 6.45) is 1.45. The van der Waals surface area contributed by atoms with E-state index in [0.717, 1.165) is 0 Å². The first-order valence-corrected chi connectivity index (χ1v) is 9.56. The van der Waals surface area contributed by atoms with Crippen molar-refractivity contribution in [1.29, 1.82) is 0 Å². The molecule has 6 nitrogen and oxygen atoms in total. The van der Waals surface area contributed by atoms with E-state index >= 15 is 0 Å². The molecule has 0 aliphatic carbocycles. The molecular weight excluding hydrogens is 324 g/mol. The van der Waals surface area contributed by atoms with Crippen LogP contribution in [0, 0.1) is 20.8 Å². The Hall–Kier alpha value is -1.86. The zero-order valence-electron chi connectivity index (χ0n) is 14.7. The van der Waals surface area contributed by atoms with Gasteiger partial charge in [-0.2, -0.15) is 9.40 Å². The molecule has 0 atom stereocenters. The van der Waals surface area contributed by atoms with Crippen LogP contribution in [0.3, 0.4) is 0 Å². The fourth-order valence-corrected chi connectivity index (χ4v) is 4.73. The van der Waals surface area contributed by atoms with Gasteiger partial charge in [-0.3, -0.25) is 4.68 Å². The summed E-state index contributed by atoms with van der Waals surface area (Å²) in [7, 11) is -1.72. The van der Waals surface area contributed by atoms with Gasteiger partial charge in [0.2, 0.25) is 10.0 Å². The van der Waals surface area contributed by atoms with Crippen molar-refractivity contribution in [2.24, 2.45) is 7.05 Å². The van der Waals surface area contributed by atoms with Gasteiger partial charge in [0, 0.05) is 38.9 Å². The minimum absolute atomic E-state index is 0.310. The second kappa shape index (κ2) is 6.22. The summed E-state index contributed by atoms with van der Waals surface area (Å²) < 4.78 is 28.8. The van der Waals surface area contributed by atoms with Crippen molar-refractivity contribution >= 4 is 15.7 Å². The maximum absolute atomic E-state index is 12.8. The number of hydrogen-bond donors (Lipinski definition) is 0. The monoisotopic (exact) mass is 348 g/mol. The van der Waals surface area contributed by atoms with E-state index in [1.165, 1.54) is 23.0 Å². The van der Waals surface area contributed by atoms with Gasteiger partial charge in [0.25, 0.3) is 0 Å². The van der Waals surface area contributed by atoms with Gasteiger partial charge >= 0.3 is 0 Å². The molecular formula is C17H24N4O2S. The first kappa shape index (κ1) is 17.0. The third-order valence-electron chi connectivity index (χ3n) is 4.96. The maximum Gasteiger partial charge on any atom is 0.246 e. The van der Waals surface area contributed by atoms with Gasteiger partial charge in [0.05, 0.1) is 11.9 Å². The molecule has 1 aliphatic heterocycles. The number of hydrogen-bond acceptors (Lipinski definition) is 4. The fourth-order valence-electron chi connectivity index (χ4n) is 3.12. The second-order valence-corrected chi connectivity index (χ2v) is 8.23. The molecule has 2 aromatic rings. The minimum atomic E-state index is -3.47. The van der Waals surface area contributed by atoms with E-state index in [4.69, 9.17) is 0 Å². The van der Waals surface area contributed by atoms with Crippen molar-refractivity contribution in [2.45, 2.75) is 25.7 Å². The fraction of sp³-hybridized carbons (Fsp3) is 0.471. The van der Waals surface area contributed by atoms with Gasteiger partial charge in [-0.15, -0.1) is 0 Å². The maximum atomic E-state index is 12.8.